The number of hydrogen-bond acceptors (Lipinski definition) is 8. The van der Waals surface area contributed by atoms with Crippen molar-refractivity contribution in [2.24, 2.45) is 5.92 Å². The van der Waals surface area contributed by atoms with Crippen molar-refractivity contribution in [1.29, 1.82) is 0 Å². The van der Waals surface area contributed by atoms with E-state index >= 15 is 0 Å². The van der Waals surface area contributed by atoms with E-state index in [1.165, 1.54) is 0 Å². The van der Waals surface area contributed by atoms with Crippen LogP contribution >= 0.6 is 0 Å². The van der Waals surface area contributed by atoms with E-state index in [1.54, 1.807) is 13.2 Å². The van der Waals surface area contributed by atoms with Crippen LogP contribution in [0.4, 0.5) is 11.5 Å². The third kappa shape index (κ3) is 4.93. The average Bonchev–Trinajstić information content (AvgIpc) is 3.38. The van der Waals surface area contributed by atoms with Crippen LogP contribution in [0.2, 0.25) is 0 Å². The van der Waals surface area contributed by atoms with E-state index < -0.39 is 0 Å². The number of pyridine rings is 2. The monoisotopic (exact) mass is 450 g/mol. The van der Waals surface area contributed by atoms with Gasteiger partial charge in [0.15, 0.2) is 23.4 Å². The number of methoxy groups -OCH3 is 1. The number of aromatic nitrogens is 3. The third-order valence-electron chi connectivity index (χ3n) is 5.56. The number of nitrogens with one attached hydrogen (secondary N) is 1. The highest BCUT2D eigenvalue weighted by atomic mass is 16.5. The van der Waals surface area contributed by atoms with Crippen molar-refractivity contribution in [2.75, 3.05) is 51.2 Å². The predicted octanol–water partition coefficient (Wildman–Crippen LogP) is 3.68. The third-order valence-corrected chi connectivity index (χ3v) is 5.56. The van der Waals surface area contributed by atoms with Crippen molar-refractivity contribution >= 4 is 34.4 Å². The van der Waals surface area contributed by atoms with E-state index in [9.17, 15) is 4.79 Å². The molecule has 5 rings (SSSR count). The number of hydrogen-bond donors (Lipinski definition) is 1. The molecule has 0 saturated carbocycles. The van der Waals surface area contributed by atoms with Crippen molar-refractivity contribution in [3.63, 3.8) is 0 Å². The first kappa shape index (κ1) is 22.6. The van der Waals surface area contributed by atoms with Crippen LogP contribution < -0.4 is 15.0 Å². The molecule has 0 radical (unpaired) electrons. The summed E-state index contributed by atoms with van der Waals surface area (Å²) in [5.74, 6) is 2.67. The zero-order valence-electron chi connectivity index (χ0n) is 19.7. The Balaban J connectivity index is 0.000000165. The molecule has 0 amide bonds. The number of furan rings is 1. The van der Waals surface area contributed by atoms with Crippen LogP contribution in [0, 0.1) is 12.8 Å². The van der Waals surface area contributed by atoms with Crippen LogP contribution in [-0.2, 0) is 0 Å². The minimum atomic E-state index is 0.323. The van der Waals surface area contributed by atoms with E-state index in [-0.39, 0.29) is 0 Å². The largest absolute Gasteiger partial charge is 0.493 e. The van der Waals surface area contributed by atoms with Crippen molar-refractivity contribution < 1.29 is 13.9 Å². The lowest BCUT2D eigenvalue weighted by Gasteiger charge is -2.37. The quantitative estimate of drug-likeness (QED) is 0.471. The van der Waals surface area contributed by atoms with Gasteiger partial charge in [0.2, 0.25) is 0 Å². The maximum absolute atomic E-state index is 10.7. The molecule has 174 valence electrons. The number of nitrogens with zero attached hydrogens (tertiary/aromatic N) is 5. The van der Waals surface area contributed by atoms with Gasteiger partial charge in [-0.25, -0.2) is 9.50 Å². The molecule has 5 heterocycles. The van der Waals surface area contributed by atoms with Crippen LogP contribution in [-0.4, -0.2) is 66.7 Å². The number of carbonyl (C=O) groups excluding carboxylic acids is 1. The molecule has 1 unspecified atom stereocenters. The summed E-state index contributed by atoms with van der Waals surface area (Å²) in [5.41, 5.74) is 4.43. The molecule has 0 spiro atoms. The Morgan fingerprint density at radius 1 is 1.24 bits per heavy atom. The number of aldehydes is 1. The Hall–Kier alpha value is -3.59. The van der Waals surface area contributed by atoms with Crippen LogP contribution in [0.5, 0.6) is 5.75 Å². The number of fused-ring (bicyclic) bond motifs is 2. The van der Waals surface area contributed by atoms with Crippen LogP contribution in [0.1, 0.15) is 23.2 Å². The second-order valence-electron chi connectivity index (χ2n) is 8.49. The number of carbonyl (C=O) groups is 1. The molecule has 1 aliphatic heterocycles. The molecule has 0 bridgehead atoms. The smallest absolute Gasteiger partial charge is 0.185 e. The van der Waals surface area contributed by atoms with Gasteiger partial charge in [-0.3, -0.25) is 9.69 Å². The SMILES string of the molecule is CC1CN(C)CN(c2ccc3oc(C=O)cc3n2)C1.CNc1cc2cc(C)nn2cc1OC. The average molecular weight is 451 g/mol. The number of aryl methyl sites for hydroxylation is 1. The molecule has 1 aliphatic rings. The lowest BCUT2D eigenvalue weighted by molar-refractivity contribution is 0.110. The Kier molecular flexibility index (Phi) is 6.50. The zero-order valence-corrected chi connectivity index (χ0v) is 19.7. The van der Waals surface area contributed by atoms with Crippen molar-refractivity contribution in [2.45, 2.75) is 13.8 Å². The molecule has 33 heavy (non-hydrogen) atoms. The summed E-state index contributed by atoms with van der Waals surface area (Å²) >= 11 is 0. The van der Waals surface area contributed by atoms with Gasteiger partial charge >= 0.3 is 0 Å². The molecule has 1 fully saturated rings. The van der Waals surface area contributed by atoms with Gasteiger partial charge in [-0.15, -0.1) is 0 Å². The molecule has 1 saturated heterocycles. The molecule has 0 aliphatic carbocycles. The van der Waals surface area contributed by atoms with E-state index in [0.29, 0.717) is 23.5 Å². The molecular formula is C24H30N6O3. The molecule has 1 atom stereocenters. The van der Waals surface area contributed by atoms with Crippen LogP contribution in [0.15, 0.2) is 40.9 Å². The maximum atomic E-state index is 10.7. The van der Waals surface area contributed by atoms with Crippen LogP contribution in [0.25, 0.3) is 16.6 Å². The summed E-state index contributed by atoms with van der Waals surface area (Å²) in [6.07, 6.45) is 2.58. The van der Waals surface area contributed by atoms with E-state index in [4.69, 9.17) is 9.15 Å². The van der Waals surface area contributed by atoms with Crippen LogP contribution in [0.3, 0.4) is 0 Å². The highest BCUT2D eigenvalue weighted by Gasteiger charge is 2.21. The van der Waals surface area contributed by atoms with Gasteiger partial charge in [0.05, 0.1) is 36.9 Å². The first-order valence-electron chi connectivity index (χ1n) is 10.9. The summed E-state index contributed by atoms with van der Waals surface area (Å²) < 4.78 is 12.4. The topological polar surface area (TPSA) is 88.1 Å². The lowest BCUT2D eigenvalue weighted by atomic mass is 10.1. The van der Waals surface area contributed by atoms with Crippen molar-refractivity contribution in [3.8, 4) is 5.75 Å². The summed E-state index contributed by atoms with van der Waals surface area (Å²) in [4.78, 5) is 19.8. The fourth-order valence-electron chi connectivity index (χ4n) is 4.21. The predicted molar refractivity (Wildman–Crippen MR) is 129 cm³/mol. The van der Waals surface area contributed by atoms with E-state index in [2.05, 4.69) is 39.2 Å². The zero-order chi connectivity index (χ0) is 23.5. The van der Waals surface area contributed by atoms with Gasteiger partial charge in [0.1, 0.15) is 11.3 Å². The van der Waals surface area contributed by atoms with E-state index in [1.807, 2.05) is 48.9 Å². The number of rotatable bonds is 4. The second kappa shape index (κ2) is 9.50. The summed E-state index contributed by atoms with van der Waals surface area (Å²) in [6.45, 7) is 7.20. The van der Waals surface area contributed by atoms with Gasteiger partial charge in [0.25, 0.3) is 0 Å². The minimum Gasteiger partial charge on any atom is -0.493 e. The second-order valence-corrected chi connectivity index (χ2v) is 8.49. The lowest BCUT2D eigenvalue weighted by Crippen LogP contribution is -2.47. The fraction of sp³-hybridized carbons (Fsp3) is 0.375. The molecule has 1 N–H and O–H groups in total. The molecule has 0 aromatic carbocycles. The van der Waals surface area contributed by atoms with Gasteiger partial charge < -0.3 is 19.4 Å². The first-order valence-corrected chi connectivity index (χ1v) is 10.9. The number of anilines is 2. The Morgan fingerprint density at radius 2 is 2.06 bits per heavy atom. The molecule has 9 nitrogen and oxygen atoms in total. The first-order chi connectivity index (χ1) is 15.9. The van der Waals surface area contributed by atoms with Gasteiger partial charge in [-0.05, 0) is 44.2 Å². The van der Waals surface area contributed by atoms with Gasteiger partial charge in [-0.2, -0.15) is 5.10 Å². The minimum absolute atomic E-state index is 0.323. The van der Waals surface area contributed by atoms with Gasteiger partial charge in [-0.1, -0.05) is 6.92 Å². The maximum Gasteiger partial charge on any atom is 0.185 e. The molecule has 4 aromatic heterocycles. The fourth-order valence-corrected chi connectivity index (χ4v) is 4.21. The van der Waals surface area contributed by atoms with Crippen molar-refractivity contribution in [3.05, 3.63) is 48.0 Å². The van der Waals surface area contributed by atoms with Gasteiger partial charge in [0, 0.05) is 26.2 Å². The molecular weight excluding hydrogens is 420 g/mol. The Labute approximate surface area is 192 Å². The summed E-state index contributed by atoms with van der Waals surface area (Å²) in [6, 6.07) is 9.55. The van der Waals surface area contributed by atoms with Crippen molar-refractivity contribution in [1.82, 2.24) is 19.5 Å². The highest BCUT2D eigenvalue weighted by molar-refractivity contribution is 5.83. The normalized spacial score (nSPS) is 16.5. The number of ether oxygens (including phenoxy) is 1. The molecule has 9 heteroatoms. The highest BCUT2D eigenvalue weighted by Crippen LogP contribution is 2.25. The Bertz CT molecular complexity index is 1210. The Morgan fingerprint density at radius 3 is 2.76 bits per heavy atom. The molecule has 4 aromatic rings. The van der Waals surface area contributed by atoms with E-state index in [0.717, 1.165) is 53.7 Å². The summed E-state index contributed by atoms with van der Waals surface area (Å²) in [5, 5.41) is 7.39. The standard InChI is InChI=1S/C14H17N3O2.C10H13N3O/c1-10-6-16(2)9-17(7-10)14-4-3-13-12(15-14)5-11(8-18)19-13;1-7-4-8-5-9(11-2)10(14-3)6-13(8)12-7/h3-5,8,10H,6-7,9H2,1-2H3;4-6,11H,1-3H3. The summed E-state index contributed by atoms with van der Waals surface area (Å²) in [7, 11) is 5.64.